The molecule has 0 aliphatic carbocycles. The standard InChI is InChI=1S/C26H31NO7/c1-5-15-33-24(29)17-18(2)19(3)25(20-6-10-23(11-7-20)32-16-14-28)34-26(30)27-21-8-12-22(31-4)13-9-21/h5-13,17,19,25,28H,1,14-16H2,2-4H3,(H,27,30)/b18-17+/t19-,25-/m1/s1. The Balaban J connectivity index is 2.22. The molecule has 0 heterocycles. The van der Waals surface area contributed by atoms with Crippen LogP contribution in [0.1, 0.15) is 25.5 Å². The minimum absolute atomic E-state index is 0.0952. The Labute approximate surface area is 199 Å². The molecule has 0 bridgehead atoms. The zero-order chi connectivity index (χ0) is 24.9. The number of esters is 1. The maximum atomic E-state index is 12.7. The van der Waals surface area contributed by atoms with Crippen LogP contribution in [0.2, 0.25) is 0 Å². The molecule has 0 saturated heterocycles. The fraction of sp³-hybridized carbons (Fsp3) is 0.308. The Morgan fingerprint density at radius 2 is 1.74 bits per heavy atom. The number of carbonyl (C=O) groups excluding carboxylic acids is 2. The number of methoxy groups -OCH3 is 1. The maximum Gasteiger partial charge on any atom is 0.412 e. The van der Waals surface area contributed by atoms with Crippen molar-refractivity contribution in [1.29, 1.82) is 0 Å². The van der Waals surface area contributed by atoms with Crippen LogP contribution in [0.5, 0.6) is 11.5 Å². The van der Waals surface area contributed by atoms with Gasteiger partial charge in [-0.15, -0.1) is 0 Å². The highest BCUT2D eigenvalue weighted by Crippen LogP contribution is 2.32. The molecule has 182 valence electrons. The van der Waals surface area contributed by atoms with Gasteiger partial charge >= 0.3 is 12.1 Å². The summed E-state index contributed by atoms with van der Waals surface area (Å²) in [6.07, 6.45) is 1.52. The smallest absolute Gasteiger partial charge is 0.412 e. The monoisotopic (exact) mass is 469 g/mol. The van der Waals surface area contributed by atoms with Crippen molar-refractivity contribution < 1.29 is 33.6 Å². The lowest BCUT2D eigenvalue weighted by Crippen LogP contribution is -2.23. The summed E-state index contributed by atoms with van der Waals surface area (Å²) < 4.78 is 21.4. The molecule has 2 aromatic rings. The van der Waals surface area contributed by atoms with Crippen LogP contribution in [-0.4, -0.2) is 44.1 Å². The third-order valence-corrected chi connectivity index (χ3v) is 5.00. The number of nitrogens with one attached hydrogen (secondary N) is 1. The molecule has 0 aromatic heterocycles. The fourth-order valence-electron chi connectivity index (χ4n) is 3.05. The van der Waals surface area contributed by atoms with Gasteiger partial charge in [0.2, 0.25) is 0 Å². The first kappa shape index (κ1) is 26.5. The zero-order valence-electron chi connectivity index (χ0n) is 19.7. The summed E-state index contributed by atoms with van der Waals surface area (Å²) in [6.45, 7) is 7.34. The predicted molar refractivity (Wildman–Crippen MR) is 129 cm³/mol. The van der Waals surface area contributed by atoms with E-state index in [1.165, 1.54) is 12.2 Å². The van der Waals surface area contributed by atoms with Gasteiger partial charge in [-0.25, -0.2) is 9.59 Å². The van der Waals surface area contributed by atoms with E-state index in [1.807, 2.05) is 6.92 Å². The number of rotatable bonds is 12. The van der Waals surface area contributed by atoms with Crippen molar-refractivity contribution in [2.24, 2.45) is 5.92 Å². The van der Waals surface area contributed by atoms with E-state index in [2.05, 4.69) is 11.9 Å². The van der Waals surface area contributed by atoms with Crippen molar-refractivity contribution in [2.45, 2.75) is 20.0 Å². The van der Waals surface area contributed by atoms with Crippen LogP contribution >= 0.6 is 0 Å². The predicted octanol–water partition coefficient (Wildman–Crippen LogP) is 4.67. The topological polar surface area (TPSA) is 103 Å². The van der Waals surface area contributed by atoms with Crippen LogP contribution in [0, 0.1) is 5.92 Å². The van der Waals surface area contributed by atoms with Crippen LogP contribution in [0.4, 0.5) is 10.5 Å². The van der Waals surface area contributed by atoms with E-state index in [0.29, 0.717) is 28.3 Å². The van der Waals surface area contributed by atoms with E-state index < -0.39 is 18.2 Å². The normalized spacial score (nSPS) is 12.8. The molecule has 0 saturated carbocycles. The van der Waals surface area contributed by atoms with Crippen LogP contribution in [-0.2, 0) is 14.3 Å². The average molecular weight is 470 g/mol. The quantitative estimate of drug-likeness (QED) is 0.265. The molecule has 1 amide bonds. The summed E-state index contributed by atoms with van der Waals surface area (Å²) in [7, 11) is 1.56. The molecule has 0 spiro atoms. The second kappa shape index (κ2) is 13.7. The minimum Gasteiger partial charge on any atom is -0.497 e. The van der Waals surface area contributed by atoms with Gasteiger partial charge in [0.05, 0.1) is 13.7 Å². The molecule has 0 radical (unpaired) electrons. The molecular formula is C26H31NO7. The van der Waals surface area contributed by atoms with Gasteiger partial charge in [-0.05, 0) is 48.9 Å². The molecule has 0 fully saturated rings. The highest BCUT2D eigenvalue weighted by molar-refractivity contribution is 5.85. The summed E-state index contributed by atoms with van der Waals surface area (Å²) in [4.78, 5) is 24.7. The van der Waals surface area contributed by atoms with E-state index in [9.17, 15) is 9.59 Å². The Morgan fingerprint density at radius 1 is 1.09 bits per heavy atom. The molecule has 0 aliphatic rings. The Bertz CT molecular complexity index is 968. The van der Waals surface area contributed by atoms with Gasteiger partial charge in [-0.2, -0.15) is 0 Å². The fourth-order valence-corrected chi connectivity index (χ4v) is 3.05. The summed E-state index contributed by atoms with van der Waals surface area (Å²) in [6, 6.07) is 13.9. The number of benzene rings is 2. The molecular weight excluding hydrogens is 438 g/mol. The average Bonchev–Trinajstić information content (AvgIpc) is 2.85. The van der Waals surface area contributed by atoms with E-state index in [1.54, 1.807) is 62.6 Å². The molecule has 2 aromatic carbocycles. The van der Waals surface area contributed by atoms with Crippen molar-refractivity contribution >= 4 is 17.7 Å². The largest absolute Gasteiger partial charge is 0.497 e. The maximum absolute atomic E-state index is 12.7. The van der Waals surface area contributed by atoms with Gasteiger partial charge in [0.15, 0.2) is 0 Å². The van der Waals surface area contributed by atoms with Crippen molar-refractivity contribution in [2.75, 3.05) is 32.2 Å². The van der Waals surface area contributed by atoms with Crippen molar-refractivity contribution in [3.05, 3.63) is 78.4 Å². The van der Waals surface area contributed by atoms with E-state index in [4.69, 9.17) is 24.1 Å². The SMILES string of the molecule is C=CCOC(=O)/C=C(\C)[C@@H](C)[C@@H](OC(=O)Nc1ccc(OC)cc1)c1ccc(OCCO)cc1. The summed E-state index contributed by atoms with van der Waals surface area (Å²) in [5.41, 5.74) is 1.93. The highest BCUT2D eigenvalue weighted by atomic mass is 16.6. The molecule has 8 nitrogen and oxygen atoms in total. The van der Waals surface area contributed by atoms with Gasteiger partial charge in [-0.3, -0.25) is 5.32 Å². The molecule has 2 N–H and O–H groups in total. The minimum atomic E-state index is -0.700. The molecule has 0 aliphatic heterocycles. The Morgan fingerprint density at radius 3 is 2.32 bits per heavy atom. The second-order valence-corrected chi connectivity index (χ2v) is 7.42. The molecule has 2 atom stereocenters. The number of aliphatic hydroxyl groups excluding tert-OH is 1. The number of hydrogen-bond donors (Lipinski definition) is 2. The lowest BCUT2D eigenvalue weighted by atomic mass is 9.91. The summed E-state index contributed by atoms with van der Waals surface area (Å²) >= 11 is 0. The number of hydrogen-bond acceptors (Lipinski definition) is 7. The van der Waals surface area contributed by atoms with Crippen molar-refractivity contribution in [3.63, 3.8) is 0 Å². The third kappa shape index (κ3) is 8.29. The van der Waals surface area contributed by atoms with Crippen LogP contribution in [0.25, 0.3) is 0 Å². The highest BCUT2D eigenvalue weighted by Gasteiger charge is 2.26. The first-order valence-electron chi connectivity index (χ1n) is 10.8. The number of ether oxygens (including phenoxy) is 4. The van der Waals surface area contributed by atoms with Gasteiger partial charge in [0, 0.05) is 17.7 Å². The zero-order valence-corrected chi connectivity index (χ0v) is 19.7. The number of carbonyl (C=O) groups is 2. The number of amides is 1. The van der Waals surface area contributed by atoms with Crippen LogP contribution in [0.3, 0.4) is 0 Å². The third-order valence-electron chi connectivity index (χ3n) is 5.00. The lowest BCUT2D eigenvalue weighted by molar-refractivity contribution is -0.136. The van der Waals surface area contributed by atoms with E-state index in [-0.39, 0.29) is 25.7 Å². The van der Waals surface area contributed by atoms with Gasteiger partial charge in [0.25, 0.3) is 0 Å². The van der Waals surface area contributed by atoms with Gasteiger partial charge in [0.1, 0.15) is 30.8 Å². The molecule has 34 heavy (non-hydrogen) atoms. The Kier molecular flexibility index (Phi) is 10.7. The second-order valence-electron chi connectivity index (χ2n) is 7.42. The summed E-state index contributed by atoms with van der Waals surface area (Å²) in [5.74, 6) is 0.394. The van der Waals surface area contributed by atoms with Gasteiger partial charge < -0.3 is 24.1 Å². The summed E-state index contributed by atoms with van der Waals surface area (Å²) in [5, 5.41) is 11.6. The lowest BCUT2D eigenvalue weighted by Gasteiger charge is -2.25. The molecule has 2 rings (SSSR count). The van der Waals surface area contributed by atoms with Crippen LogP contribution < -0.4 is 14.8 Å². The molecule has 8 heteroatoms. The van der Waals surface area contributed by atoms with E-state index in [0.717, 1.165) is 0 Å². The van der Waals surface area contributed by atoms with E-state index >= 15 is 0 Å². The first-order valence-corrected chi connectivity index (χ1v) is 10.8. The van der Waals surface area contributed by atoms with Crippen molar-refractivity contribution in [3.8, 4) is 11.5 Å². The molecule has 0 unspecified atom stereocenters. The van der Waals surface area contributed by atoms with Crippen LogP contribution in [0.15, 0.2) is 72.8 Å². The number of aliphatic hydroxyl groups is 1. The van der Waals surface area contributed by atoms with Gasteiger partial charge in [-0.1, -0.05) is 37.3 Å². The number of anilines is 1. The van der Waals surface area contributed by atoms with Crippen molar-refractivity contribution in [1.82, 2.24) is 0 Å². The Hall–Kier alpha value is -3.78. The first-order chi connectivity index (χ1) is 16.4.